The number of fused-ring (bicyclic) bond motifs is 2. The first-order valence-corrected chi connectivity index (χ1v) is 12.7. The lowest BCUT2D eigenvalue weighted by molar-refractivity contribution is -0.117. The first-order valence-electron chi connectivity index (χ1n) is 11.8. The molecule has 0 saturated carbocycles. The molecule has 1 N–H and O–H groups in total. The van der Waals surface area contributed by atoms with Gasteiger partial charge in [-0.15, -0.1) is 0 Å². The largest absolute Gasteiger partial charge is 0.324 e. The number of hydrogen-bond donors (Lipinski definition) is 1. The van der Waals surface area contributed by atoms with Crippen molar-refractivity contribution in [1.29, 1.82) is 0 Å². The third kappa shape index (κ3) is 4.40. The summed E-state index contributed by atoms with van der Waals surface area (Å²) in [4.78, 5) is 45.9. The molecular formula is C28H26N4O3S. The zero-order valence-electron chi connectivity index (χ0n) is 20.3. The molecule has 8 heteroatoms. The topological polar surface area (TPSA) is 84.3 Å². The molecule has 1 atom stereocenters. The highest BCUT2D eigenvalue weighted by Crippen LogP contribution is 2.32. The van der Waals surface area contributed by atoms with E-state index in [1.54, 1.807) is 27.7 Å². The Morgan fingerprint density at radius 3 is 2.58 bits per heavy atom. The van der Waals surface area contributed by atoms with Crippen LogP contribution in [-0.2, 0) is 9.59 Å². The van der Waals surface area contributed by atoms with Gasteiger partial charge in [-0.25, -0.2) is 4.98 Å². The number of anilines is 2. The second-order valence-corrected chi connectivity index (χ2v) is 9.93. The summed E-state index contributed by atoms with van der Waals surface area (Å²) in [6.45, 7) is 5.89. The van der Waals surface area contributed by atoms with E-state index in [-0.39, 0.29) is 35.6 Å². The van der Waals surface area contributed by atoms with Gasteiger partial charge in [-0.2, -0.15) is 0 Å². The molecule has 1 aromatic heterocycles. The molecule has 36 heavy (non-hydrogen) atoms. The van der Waals surface area contributed by atoms with Gasteiger partial charge in [0, 0.05) is 12.5 Å². The molecule has 0 radical (unpaired) electrons. The van der Waals surface area contributed by atoms with Crippen molar-refractivity contribution in [2.45, 2.75) is 38.4 Å². The molecule has 3 aromatic carbocycles. The average Bonchev–Trinajstić information content (AvgIpc) is 2.98. The molecule has 2 heterocycles. The summed E-state index contributed by atoms with van der Waals surface area (Å²) in [6.07, 6.45) is 0.201. The van der Waals surface area contributed by atoms with Crippen molar-refractivity contribution in [3.63, 3.8) is 0 Å². The van der Waals surface area contributed by atoms with E-state index in [0.29, 0.717) is 33.1 Å². The van der Waals surface area contributed by atoms with E-state index in [9.17, 15) is 14.4 Å². The van der Waals surface area contributed by atoms with E-state index in [0.717, 1.165) is 11.1 Å². The molecule has 0 bridgehead atoms. The van der Waals surface area contributed by atoms with Crippen LogP contribution in [0.1, 0.15) is 24.5 Å². The lowest BCUT2D eigenvalue weighted by Crippen LogP contribution is -2.40. The van der Waals surface area contributed by atoms with Gasteiger partial charge in [0.15, 0.2) is 5.16 Å². The number of para-hydroxylation sites is 3. The summed E-state index contributed by atoms with van der Waals surface area (Å²) >= 11 is 1.22. The Kier molecular flexibility index (Phi) is 6.36. The highest BCUT2D eigenvalue weighted by molar-refractivity contribution is 7.99. The van der Waals surface area contributed by atoms with Crippen molar-refractivity contribution < 1.29 is 9.59 Å². The van der Waals surface area contributed by atoms with Gasteiger partial charge in [0.25, 0.3) is 5.56 Å². The standard InChI is InChI=1S/C28H26N4O3S/c1-17-12-13-20(14-18(17)2)32-27(35)21-8-4-5-9-22(21)30-28(32)36-16-26(34)31-19(3)15-25(33)29-23-10-6-7-11-24(23)31/h4-14,19H,15-16H2,1-3H3,(H,29,33). The minimum atomic E-state index is -0.312. The second kappa shape index (κ2) is 9.62. The normalized spacial score (nSPS) is 15.4. The van der Waals surface area contributed by atoms with E-state index >= 15 is 0 Å². The molecule has 0 spiro atoms. The summed E-state index contributed by atoms with van der Waals surface area (Å²) < 4.78 is 1.58. The summed E-state index contributed by atoms with van der Waals surface area (Å²) in [7, 11) is 0. The Morgan fingerprint density at radius 2 is 1.78 bits per heavy atom. The predicted octanol–water partition coefficient (Wildman–Crippen LogP) is 4.86. The van der Waals surface area contributed by atoms with Crippen molar-refractivity contribution in [3.8, 4) is 5.69 Å². The predicted molar refractivity (Wildman–Crippen MR) is 144 cm³/mol. The van der Waals surface area contributed by atoms with Crippen LogP contribution < -0.4 is 15.8 Å². The fourth-order valence-electron chi connectivity index (χ4n) is 4.47. The van der Waals surface area contributed by atoms with Gasteiger partial charge in [-0.3, -0.25) is 19.0 Å². The summed E-state index contributed by atoms with van der Waals surface area (Å²) in [5.74, 6) is -0.231. The number of carbonyl (C=O) groups is 2. The van der Waals surface area contributed by atoms with Gasteiger partial charge >= 0.3 is 0 Å². The molecular weight excluding hydrogens is 472 g/mol. The van der Waals surface area contributed by atoms with Crippen LogP contribution in [-0.4, -0.2) is 33.2 Å². The second-order valence-electron chi connectivity index (χ2n) is 8.99. The Balaban J connectivity index is 1.54. The van der Waals surface area contributed by atoms with E-state index in [4.69, 9.17) is 4.98 Å². The Labute approximate surface area is 213 Å². The monoisotopic (exact) mass is 498 g/mol. The lowest BCUT2D eigenvalue weighted by Gasteiger charge is -2.27. The number of amides is 2. The molecule has 4 aromatic rings. The zero-order valence-corrected chi connectivity index (χ0v) is 21.1. The number of benzene rings is 3. The number of thioether (sulfide) groups is 1. The summed E-state index contributed by atoms with van der Waals surface area (Å²) in [5.41, 5.74) is 4.58. The summed E-state index contributed by atoms with van der Waals surface area (Å²) in [6, 6.07) is 20.1. The first-order chi connectivity index (χ1) is 17.3. The molecule has 5 rings (SSSR count). The maximum atomic E-state index is 13.6. The van der Waals surface area contributed by atoms with E-state index in [1.165, 1.54) is 11.8 Å². The number of aromatic nitrogens is 2. The Morgan fingerprint density at radius 1 is 1.03 bits per heavy atom. The van der Waals surface area contributed by atoms with Crippen LogP contribution >= 0.6 is 11.8 Å². The Bertz CT molecular complexity index is 1560. The maximum Gasteiger partial charge on any atom is 0.266 e. The van der Waals surface area contributed by atoms with Gasteiger partial charge in [0.2, 0.25) is 11.8 Å². The molecule has 0 aliphatic carbocycles. The van der Waals surface area contributed by atoms with Crippen molar-refractivity contribution in [2.24, 2.45) is 0 Å². The molecule has 1 unspecified atom stereocenters. The highest BCUT2D eigenvalue weighted by atomic mass is 32.2. The van der Waals surface area contributed by atoms with Crippen molar-refractivity contribution in [1.82, 2.24) is 9.55 Å². The minimum absolute atomic E-state index is 0.0580. The van der Waals surface area contributed by atoms with Crippen LogP contribution in [0.15, 0.2) is 76.7 Å². The number of nitrogens with zero attached hydrogens (tertiary/aromatic N) is 3. The van der Waals surface area contributed by atoms with Crippen LogP contribution in [0.4, 0.5) is 11.4 Å². The van der Waals surface area contributed by atoms with Crippen LogP contribution in [0.2, 0.25) is 0 Å². The zero-order chi connectivity index (χ0) is 25.4. The smallest absolute Gasteiger partial charge is 0.266 e. The van der Waals surface area contributed by atoms with Crippen LogP contribution in [0.3, 0.4) is 0 Å². The van der Waals surface area contributed by atoms with Gasteiger partial charge < -0.3 is 10.2 Å². The van der Waals surface area contributed by atoms with E-state index in [2.05, 4.69) is 5.32 Å². The third-order valence-corrected chi connectivity index (χ3v) is 7.37. The van der Waals surface area contributed by atoms with Crippen LogP contribution in [0, 0.1) is 13.8 Å². The number of rotatable bonds is 4. The fraction of sp³-hybridized carbons (Fsp3) is 0.214. The number of hydrogen-bond acceptors (Lipinski definition) is 5. The average molecular weight is 499 g/mol. The molecule has 182 valence electrons. The van der Waals surface area contributed by atoms with E-state index < -0.39 is 0 Å². The van der Waals surface area contributed by atoms with Gasteiger partial charge in [-0.05, 0) is 68.3 Å². The molecule has 2 amide bonds. The summed E-state index contributed by atoms with van der Waals surface area (Å²) in [5, 5.41) is 3.85. The third-order valence-electron chi connectivity index (χ3n) is 6.45. The number of carbonyl (C=O) groups excluding carboxylic acids is 2. The molecule has 0 saturated heterocycles. The van der Waals surface area contributed by atoms with Crippen molar-refractivity contribution >= 4 is 45.9 Å². The number of aryl methyl sites for hydroxylation is 2. The van der Waals surface area contributed by atoms with Gasteiger partial charge in [0.1, 0.15) is 0 Å². The fourth-order valence-corrected chi connectivity index (χ4v) is 5.34. The van der Waals surface area contributed by atoms with Gasteiger partial charge in [0.05, 0.1) is 33.7 Å². The maximum absolute atomic E-state index is 13.6. The van der Waals surface area contributed by atoms with Crippen molar-refractivity contribution in [3.05, 3.63) is 88.2 Å². The van der Waals surface area contributed by atoms with Gasteiger partial charge in [-0.1, -0.05) is 42.1 Å². The minimum Gasteiger partial charge on any atom is -0.324 e. The van der Waals surface area contributed by atoms with E-state index in [1.807, 2.05) is 69.3 Å². The van der Waals surface area contributed by atoms with Crippen LogP contribution in [0.25, 0.3) is 16.6 Å². The highest BCUT2D eigenvalue weighted by Gasteiger charge is 2.30. The van der Waals surface area contributed by atoms with Crippen molar-refractivity contribution in [2.75, 3.05) is 16.0 Å². The molecule has 0 fully saturated rings. The SMILES string of the molecule is Cc1ccc(-n2c(SCC(=O)N3c4ccccc4NC(=O)CC3C)nc3ccccc3c2=O)cc1C. The molecule has 7 nitrogen and oxygen atoms in total. The first kappa shape index (κ1) is 23.8. The van der Waals surface area contributed by atoms with Crippen LogP contribution in [0.5, 0.6) is 0 Å². The Hall–Kier alpha value is -3.91. The lowest BCUT2D eigenvalue weighted by atomic mass is 10.1. The number of nitrogens with one attached hydrogen (secondary N) is 1. The quantitative estimate of drug-likeness (QED) is 0.321. The molecule has 1 aliphatic rings. The molecule has 1 aliphatic heterocycles.